The molecule has 1 aliphatic heterocycles. The second-order valence-electron chi connectivity index (χ2n) is 7.10. The second-order valence-corrected chi connectivity index (χ2v) is 7.51. The molecule has 0 unspecified atom stereocenters. The highest BCUT2D eigenvalue weighted by molar-refractivity contribution is 6.31. The predicted octanol–water partition coefficient (Wildman–Crippen LogP) is 4.53. The maximum atomic E-state index is 13.0. The van der Waals surface area contributed by atoms with Crippen molar-refractivity contribution in [2.75, 3.05) is 19.8 Å². The molecule has 0 radical (unpaired) electrons. The summed E-state index contributed by atoms with van der Waals surface area (Å²) in [5, 5.41) is 3.28. The Balaban J connectivity index is 2.04. The Labute approximate surface area is 191 Å². The summed E-state index contributed by atoms with van der Waals surface area (Å²) in [7, 11) is 0. The van der Waals surface area contributed by atoms with E-state index in [0.717, 1.165) is 0 Å². The third-order valence-electron chi connectivity index (χ3n) is 5.10. The molecule has 2 aromatic carbocycles. The zero-order chi connectivity index (χ0) is 23.3. The maximum Gasteiger partial charge on any atom is 0.338 e. The lowest BCUT2D eigenvalue weighted by molar-refractivity contribution is -0.139. The number of hydrogen-bond donors (Lipinski definition) is 1. The molecule has 0 saturated heterocycles. The highest BCUT2D eigenvalue weighted by Crippen LogP contribution is 2.35. The summed E-state index contributed by atoms with van der Waals surface area (Å²) in [4.78, 5) is 38.8. The van der Waals surface area contributed by atoms with Gasteiger partial charge in [-0.05, 0) is 56.7 Å². The first-order chi connectivity index (χ1) is 15.4. The largest absolute Gasteiger partial charge is 0.487 e. The average molecular weight is 457 g/mol. The Morgan fingerprint density at radius 1 is 1.09 bits per heavy atom. The molecule has 8 heteroatoms. The monoisotopic (exact) mass is 456 g/mol. The van der Waals surface area contributed by atoms with E-state index in [0.29, 0.717) is 34.1 Å². The summed E-state index contributed by atoms with van der Waals surface area (Å²) in [5.41, 5.74) is 1.82. The fraction of sp³-hybridized carbons (Fsp3) is 0.292. The molecular formula is C24H25ClN2O5. The molecule has 2 aromatic rings. The Kier molecular flexibility index (Phi) is 7.53. The van der Waals surface area contributed by atoms with E-state index in [4.69, 9.17) is 21.1 Å². The summed E-state index contributed by atoms with van der Waals surface area (Å²) in [6.45, 7) is 5.47. The smallest absolute Gasteiger partial charge is 0.338 e. The van der Waals surface area contributed by atoms with Gasteiger partial charge in [-0.2, -0.15) is 0 Å². The van der Waals surface area contributed by atoms with Crippen LogP contribution in [0.25, 0.3) is 0 Å². The minimum Gasteiger partial charge on any atom is -0.487 e. The van der Waals surface area contributed by atoms with Gasteiger partial charge in [-0.3, -0.25) is 9.69 Å². The maximum absolute atomic E-state index is 13.0. The summed E-state index contributed by atoms with van der Waals surface area (Å²) < 4.78 is 11.2. The number of carbonyl (C=O) groups excluding carboxylic acids is 3. The van der Waals surface area contributed by atoms with Crippen LogP contribution in [0.4, 0.5) is 4.79 Å². The number of Topliss-reactive ketones (excluding diaryl/α,β-unsaturated/α-hetero) is 1. The van der Waals surface area contributed by atoms with E-state index in [-0.39, 0.29) is 30.6 Å². The molecule has 0 saturated carbocycles. The van der Waals surface area contributed by atoms with Gasteiger partial charge in [0, 0.05) is 17.1 Å². The Morgan fingerprint density at radius 2 is 1.78 bits per heavy atom. The highest BCUT2D eigenvalue weighted by Gasteiger charge is 2.38. The molecule has 2 amide bonds. The standard InChI is InChI=1S/C24H25ClN2O5/c1-4-27-20(14-32-17-12-10-16(11-13-17)15(3)28)21(23(29)31-5-2)22(26-24(27)30)18-8-6-7-9-19(18)25/h6-13,22H,4-5,14H2,1-3H3,(H,26,30)/t22-/m0/s1. The number of amides is 2. The van der Waals surface area contributed by atoms with Crippen LogP contribution in [-0.2, 0) is 9.53 Å². The van der Waals surface area contributed by atoms with Crippen LogP contribution in [0.15, 0.2) is 59.8 Å². The quantitative estimate of drug-likeness (QED) is 0.466. The van der Waals surface area contributed by atoms with Gasteiger partial charge in [0.2, 0.25) is 0 Å². The molecule has 32 heavy (non-hydrogen) atoms. The van der Waals surface area contributed by atoms with Crippen LogP contribution in [0, 0.1) is 0 Å². The van der Waals surface area contributed by atoms with Crippen LogP contribution >= 0.6 is 11.6 Å². The fourth-order valence-electron chi connectivity index (χ4n) is 3.52. The number of rotatable bonds is 8. The normalized spacial score (nSPS) is 15.9. The number of ketones is 1. The Bertz CT molecular complexity index is 1050. The number of nitrogens with one attached hydrogen (secondary N) is 1. The van der Waals surface area contributed by atoms with Crippen LogP contribution in [0.3, 0.4) is 0 Å². The van der Waals surface area contributed by atoms with E-state index in [2.05, 4.69) is 5.32 Å². The third-order valence-corrected chi connectivity index (χ3v) is 5.45. The molecular weight excluding hydrogens is 432 g/mol. The minimum atomic E-state index is -0.781. The molecule has 7 nitrogen and oxygen atoms in total. The lowest BCUT2D eigenvalue weighted by Crippen LogP contribution is -2.49. The molecule has 1 aliphatic rings. The Hall–Kier alpha value is -3.32. The molecule has 0 bridgehead atoms. The number of benzene rings is 2. The Morgan fingerprint density at radius 3 is 2.38 bits per heavy atom. The average Bonchev–Trinajstić information content (AvgIpc) is 2.78. The minimum absolute atomic E-state index is 0.0459. The van der Waals surface area contributed by atoms with Crippen molar-refractivity contribution in [2.24, 2.45) is 0 Å². The van der Waals surface area contributed by atoms with Gasteiger partial charge in [0.25, 0.3) is 0 Å². The van der Waals surface area contributed by atoms with Gasteiger partial charge in [-0.1, -0.05) is 29.8 Å². The molecule has 0 fully saturated rings. The number of carbonyl (C=O) groups is 3. The molecule has 3 rings (SSSR count). The molecule has 0 spiro atoms. The van der Waals surface area contributed by atoms with Crippen molar-refractivity contribution in [2.45, 2.75) is 26.8 Å². The van der Waals surface area contributed by atoms with Gasteiger partial charge in [-0.15, -0.1) is 0 Å². The van der Waals surface area contributed by atoms with E-state index in [1.807, 2.05) is 0 Å². The van der Waals surface area contributed by atoms with E-state index < -0.39 is 12.0 Å². The second kappa shape index (κ2) is 10.3. The molecule has 1 heterocycles. The molecule has 1 N–H and O–H groups in total. The van der Waals surface area contributed by atoms with Crippen LogP contribution in [0.5, 0.6) is 5.75 Å². The first kappa shape index (κ1) is 23.3. The van der Waals surface area contributed by atoms with Crippen molar-refractivity contribution >= 4 is 29.4 Å². The van der Waals surface area contributed by atoms with E-state index >= 15 is 0 Å². The third kappa shape index (κ3) is 4.94. The molecule has 0 aliphatic carbocycles. The number of nitrogens with zero attached hydrogens (tertiary/aromatic N) is 1. The first-order valence-corrected chi connectivity index (χ1v) is 10.7. The van der Waals surface area contributed by atoms with Crippen LogP contribution in [0.2, 0.25) is 5.02 Å². The highest BCUT2D eigenvalue weighted by atomic mass is 35.5. The summed E-state index contributed by atoms with van der Waals surface area (Å²) in [6, 6.07) is 12.5. The predicted molar refractivity (Wildman–Crippen MR) is 121 cm³/mol. The SMILES string of the molecule is CCOC(=O)C1=C(COc2ccc(C(C)=O)cc2)N(CC)C(=O)N[C@H]1c1ccccc1Cl. The van der Waals surface area contributed by atoms with Crippen LogP contribution < -0.4 is 10.1 Å². The van der Waals surface area contributed by atoms with Gasteiger partial charge in [-0.25, -0.2) is 9.59 Å². The number of esters is 1. The lowest BCUT2D eigenvalue weighted by Gasteiger charge is -2.36. The summed E-state index contributed by atoms with van der Waals surface area (Å²) in [6.07, 6.45) is 0. The van der Waals surface area contributed by atoms with Crippen molar-refractivity contribution in [3.05, 3.63) is 76.0 Å². The number of ether oxygens (including phenoxy) is 2. The molecule has 168 valence electrons. The number of urea groups is 1. The van der Waals surface area contributed by atoms with Crippen LogP contribution in [0.1, 0.15) is 42.7 Å². The van der Waals surface area contributed by atoms with Crippen LogP contribution in [-0.4, -0.2) is 42.4 Å². The molecule has 1 atom stereocenters. The number of hydrogen-bond acceptors (Lipinski definition) is 5. The van der Waals surface area contributed by atoms with Crippen molar-refractivity contribution in [1.29, 1.82) is 0 Å². The van der Waals surface area contributed by atoms with Crippen molar-refractivity contribution in [3.63, 3.8) is 0 Å². The number of halogens is 1. The van der Waals surface area contributed by atoms with Crippen molar-refractivity contribution in [3.8, 4) is 5.75 Å². The van der Waals surface area contributed by atoms with Gasteiger partial charge in [0.05, 0.1) is 23.9 Å². The van der Waals surface area contributed by atoms with Gasteiger partial charge in [0.15, 0.2) is 5.78 Å². The summed E-state index contributed by atoms with van der Waals surface area (Å²) >= 11 is 6.39. The topological polar surface area (TPSA) is 84.9 Å². The van der Waals surface area contributed by atoms with Crippen molar-refractivity contribution in [1.82, 2.24) is 10.2 Å². The van der Waals surface area contributed by atoms with E-state index in [1.54, 1.807) is 62.4 Å². The zero-order valence-corrected chi connectivity index (χ0v) is 18.9. The number of likely N-dealkylation sites (N-methyl/N-ethyl adjacent to an activating group) is 1. The van der Waals surface area contributed by atoms with E-state index in [1.165, 1.54) is 11.8 Å². The van der Waals surface area contributed by atoms with Gasteiger partial charge >= 0.3 is 12.0 Å². The van der Waals surface area contributed by atoms with Gasteiger partial charge < -0.3 is 14.8 Å². The summed E-state index contributed by atoms with van der Waals surface area (Å²) in [5.74, 6) is -0.101. The molecule has 0 aromatic heterocycles. The van der Waals surface area contributed by atoms with Gasteiger partial charge in [0.1, 0.15) is 12.4 Å². The fourth-order valence-corrected chi connectivity index (χ4v) is 3.77. The van der Waals surface area contributed by atoms with Crippen molar-refractivity contribution < 1.29 is 23.9 Å². The van der Waals surface area contributed by atoms with E-state index in [9.17, 15) is 14.4 Å². The lowest BCUT2D eigenvalue weighted by atomic mass is 9.94. The zero-order valence-electron chi connectivity index (χ0n) is 18.2. The first-order valence-electron chi connectivity index (χ1n) is 10.3.